The van der Waals surface area contributed by atoms with Gasteiger partial charge in [0.05, 0.1) is 18.0 Å². The lowest BCUT2D eigenvalue weighted by Gasteiger charge is -2.08. The number of carbonyl (C=O) groups is 2. The van der Waals surface area contributed by atoms with Gasteiger partial charge >= 0.3 is 0 Å². The minimum Gasteiger partial charge on any atom is -0.346 e. The van der Waals surface area contributed by atoms with Gasteiger partial charge in [-0.1, -0.05) is 6.92 Å². The van der Waals surface area contributed by atoms with Crippen LogP contribution >= 0.6 is 0 Å². The molecule has 21 heavy (non-hydrogen) atoms. The third kappa shape index (κ3) is 5.50. The number of benzene rings is 1. The average Bonchev–Trinajstić information content (AvgIpc) is 2.45. The fraction of sp³-hybridized carbons (Fsp3) is 0.333. The molecular formula is C12H18N4O4S. The number of nitrogens with two attached hydrogens (primary N) is 1. The molecule has 5 N–H and O–H groups in total. The molecule has 0 aliphatic heterocycles. The Morgan fingerprint density at radius 2 is 1.76 bits per heavy atom. The van der Waals surface area contributed by atoms with Crippen molar-refractivity contribution in [3.8, 4) is 0 Å². The van der Waals surface area contributed by atoms with Crippen molar-refractivity contribution >= 4 is 27.5 Å². The van der Waals surface area contributed by atoms with E-state index in [0.29, 0.717) is 12.2 Å². The van der Waals surface area contributed by atoms with Crippen molar-refractivity contribution in [2.45, 2.75) is 11.8 Å². The van der Waals surface area contributed by atoms with Crippen molar-refractivity contribution in [2.75, 3.05) is 25.0 Å². The monoisotopic (exact) mass is 314 g/mol. The van der Waals surface area contributed by atoms with E-state index in [4.69, 9.17) is 5.73 Å². The lowest BCUT2D eigenvalue weighted by molar-refractivity contribution is -0.123. The first-order valence-electron chi connectivity index (χ1n) is 6.25. The minimum atomic E-state index is -3.51. The SMILES string of the molecule is CCNS(=O)(=O)c1ccc(NC(=O)CNC(=O)CN)cc1. The van der Waals surface area contributed by atoms with Crippen LogP contribution in [-0.2, 0) is 19.6 Å². The summed E-state index contributed by atoms with van der Waals surface area (Å²) in [5.74, 6) is -0.865. The van der Waals surface area contributed by atoms with Gasteiger partial charge in [-0.25, -0.2) is 13.1 Å². The lowest BCUT2D eigenvalue weighted by Crippen LogP contribution is -2.36. The van der Waals surface area contributed by atoms with Gasteiger partial charge in [0.25, 0.3) is 0 Å². The standard InChI is InChI=1S/C12H18N4O4S/c1-2-15-21(19,20)10-5-3-9(4-6-10)16-12(18)8-14-11(17)7-13/h3-6,15H,2,7-8,13H2,1H3,(H,14,17)(H,16,18). The summed E-state index contributed by atoms with van der Waals surface area (Å²) >= 11 is 0. The van der Waals surface area contributed by atoms with Crippen LogP contribution < -0.4 is 21.1 Å². The Labute approximate surface area is 123 Å². The molecule has 0 heterocycles. The molecule has 0 unspecified atom stereocenters. The molecule has 1 aromatic carbocycles. The fourth-order valence-corrected chi connectivity index (χ4v) is 2.49. The predicted octanol–water partition coefficient (Wildman–Crippen LogP) is -1.00. The first-order valence-corrected chi connectivity index (χ1v) is 7.73. The highest BCUT2D eigenvalue weighted by Crippen LogP contribution is 2.13. The smallest absolute Gasteiger partial charge is 0.243 e. The minimum absolute atomic E-state index is 0.110. The number of anilines is 1. The van der Waals surface area contributed by atoms with Gasteiger partial charge in [0.2, 0.25) is 21.8 Å². The summed E-state index contributed by atoms with van der Waals surface area (Å²) in [5.41, 5.74) is 5.51. The number of nitrogens with one attached hydrogen (secondary N) is 3. The quantitative estimate of drug-likeness (QED) is 0.513. The van der Waals surface area contributed by atoms with E-state index in [0.717, 1.165) is 0 Å². The second-order valence-corrected chi connectivity index (χ2v) is 5.82. The van der Waals surface area contributed by atoms with Crippen LogP contribution in [0.4, 0.5) is 5.69 Å². The first kappa shape index (κ1) is 17.1. The van der Waals surface area contributed by atoms with Gasteiger partial charge < -0.3 is 16.4 Å². The average molecular weight is 314 g/mol. The summed E-state index contributed by atoms with van der Waals surface area (Å²) in [6.45, 7) is 1.58. The van der Waals surface area contributed by atoms with Gasteiger partial charge in [-0.3, -0.25) is 9.59 Å². The molecule has 0 radical (unpaired) electrons. The van der Waals surface area contributed by atoms with Crippen LogP contribution in [0.5, 0.6) is 0 Å². The van der Waals surface area contributed by atoms with E-state index in [1.807, 2.05) is 0 Å². The molecule has 0 atom stereocenters. The number of rotatable bonds is 7. The third-order valence-electron chi connectivity index (χ3n) is 2.41. The Kier molecular flexibility index (Phi) is 6.28. The second kappa shape index (κ2) is 7.72. The highest BCUT2D eigenvalue weighted by molar-refractivity contribution is 7.89. The largest absolute Gasteiger partial charge is 0.346 e. The molecule has 116 valence electrons. The zero-order chi connectivity index (χ0) is 15.9. The topological polar surface area (TPSA) is 130 Å². The third-order valence-corrected chi connectivity index (χ3v) is 3.98. The molecule has 1 rings (SSSR count). The van der Waals surface area contributed by atoms with Gasteiger partial charge in [0, 0.05) is 12.2 Å². The Balaban J connectivity index is 2.63. The van der Waals surface area contributed by atoms with Crippen molar-refractivity contribution < 1.29 is 18.0 Å². The first-order chi connectivity index (χ1) is 9.89. The fourth-order valence-electron chi connectivity index (χ4n) is 1.45. The predicted molar refractivity (Wildman–Crippen MR) is 78.0 cm³/mol. The number of hydrogen-bond acceptors (Lipinski definition) is 5. The molecule has 0 bridgehead atoms. The van der Waals surface area contributed by atoms with E-state index >= 15 is 0 Å². The van der Waals surface area contributed by atoms with Crippen molar-refractivity contribution in [1.82, 2.24) is 10.0 Å². The van der Waals surface area contributed by atoms with Crippen LogP contribution in [0.25, 0.3) is 0 Å². The lowest BCUT2D eigenvalue weighted by atomic mass is 10.3. The Bertz CT molecular complexity index is 598. The number of sulfonamides is 1. The van der Waals surface area contributed by atoms with Gasteiger partial charge in [-0.05, 0) is 24.3 Å². The van der Waals surface area contributed by atoms with E-state index in [1.54, 1.807) is 6.92 Å². The van der Waals surface area contributed by atoms with E-state index < -0.39 is 21.8 Å². The summed E-state index contributed by atoms with van der Waals surface area (Å²) < 4.78 is 25.8. The van der Waals surface area contributed by atoms with Crippen LogP contribution in [-0.4, -0.2) is 39.9 Å². The number of amides is 2. The molecular weight excluding hydrogens is 296 g/mol. The van der Waals surface area contributed by atoms with Crippen molar-refractivity contribution in [1.29, 1.82) is 0 Å². The van der Waals surface area contributed by atoms with Gasteiger partial charge in [0.1, 0.15) is 0 Å². The summed E-state index contributed by atoms with van der Waals surface area (Å²) in [4.78, 5) is 22.5. The normalized spacial score (nSPS) is 11.0. The maximum absolute atomic E-state index is 11.7. The Hall–Kier alpha value is -1.97. The summed E-state index contributed by atoms with van der Waals surface area (Å²) in [7, 11) is -3.51. The van der Waals surface area contributed by atoms with Crippen LogP contribution in [0, 0.1) is 0 Å². The van der Waals surface area contributed by atoms with Crippen molar-refractivity contribution in [3.05, 3.63) is 24.3 Å². The Morgan fingerprint density at radius 1 is 1.14 bits per heavy atom. The molecule has 0 fully saturated rings. The van der Waals surface area contributed by atoms with Gasteiger partial charge in [-0.2, -0.15) is 0 Å². The molecule has 8 nitrogen and oxygen atoms in total. The molecule has 0 aromatic heterocycles. The number of hydrogen-bond donors (Lipinski definition) is 4. The van der Waals surface area contributed by atoms with Crippen molar-refractivity contribution in [2.24, 2.45) is 5.73 Å². The summed E-state index contributed by atoms with van der Waals surface area (Å²) in [6.07, 6.45) is 0. The van der Waals surface area contributed by atoms with E-state index in [2.05, 4.69) is 15.4 Å². The highest BCUT2D eigenvalue weighted by atomic mass is 32.2. The molecule has 9 heteroatoms. The summed E-state index contributed by atoms with van der Waals surface area (Å²) in [5, 5.41) is 4.85. The van der Waals surface area contributed by atoms with Crippen LogP contribution in [0.1, 0.15) is 6.92 Å². The highest BCUT2D eigenvalue weighted by Gasteiger charge is 2.12. The Morgan fingerprint density at radius 3 is 2.29 bits per heavy atom. The van der Waals surface area contributed by atoms with Gasteiger partial charge in [-0.15, -0.1) is 0 Å². The second-order valence-electron chi connectivity index (χ2n) is 4.05. The van der Waals surface area contributed by atoms with E-state index in [9.17, 15) is 18.0 Å². The molecule has 0 aliphatic rings. The summed E-state index contributed by atoms with van der Waals surface area (Å²) in [6, 6.07) is 5.69. The molecule has 0 saturated heterocycles. The molecule has 2 amide bonds. The molecule has 1 aromatic rings. The van der Waals surface area contributed by atoms with Crippen LogP contribution in [0.2, 0.25) is 0 Å². The molecule has 0 saturated carbocycles. The van der Waals surface area contributed by atoms with E-state index in [1.165, 1.54) is 24.3 Å². The zero-order valence-electron chi connectivity index (χ0n) is 11.5. The zero-order valence-corrected chi connectivity index (χ0v) is 12.4. The van der Waals surface area contributed by atoms with Crippen molar-refractivity contribution in [3.63, 3.8) is 0 Å². The van der Waals surface area contributed by atoms with Crippen LogP contribution in [0.15, 0.2) is 29.2 Å². The number of carbonyl (C=O) groups excluding carboxylic acids is 2. The molecule has 0 spiro atoms. The van der Waals surface area contributed by atoms with E-state index in [-0.39, 0.29) is 18.0 Å². The maximum Gasteiger partial charge on any atom is 0.243 e. The maximum atomic E-state index is 11.7. The molecule has 0 aliphatic carbocycles. The van der Waals surface area contributed by atoms with Gasteiger partial charge in [0.15, 0.2) is 0 Å². The van der Waals surface area contributed by atoms with Crippen LogP contribution in [0.3, 0.4) is 0 Å².